The highest BCUT2D eigenvalue weighted by molar-refractivity contribution is 8.00. The van der Waals surface area contributed by atoms with Crippen molar-refractivity contribution in [1.82, 2.24) is 5.32 Å². The number of nitrogens with one attached hydrogen (secondary N) is 2. The number of aryl methyl sites for hydroxylation is 2. The average molecular weight is 250 g/mol. The summed E-state index contributed by atoms with van der Waals surface area (Å²) in [5, 5.41) is 7.54. The van der Waals surface area contributed by atoms with E-state index in [0.29, 0.717) is 11.3 Å². The van der Waals surface area contributed by atoms with Gasteiger partial charge < -0.3 is 10.6 Å². The first-order chi connectivity index (χ1) is 8.11. The van der Waals surface area contributed by atoms with Crippen LogP contribution in [-0.2, 0) is 0 Å². The van der Waals surface area contributed by atoms with Crippen LogP contribution < -0.4 is 10.6 Å². The quantitative estimate of drug-likeness (QED) is 0.861. The predicted octanol–water partition coefficient (Wildman–Crippen LogP) is 3.19. The Kier molecular flexibility index (Phi) is 4.00. The minimum Gasteiger partial charge on any atom is -0.381 e. The summed E-state index contributed by atoms with van der Waals surface area (Å²) in [4.78, 5) is 1.41. The molecule has 0 bridgehead atoms. The van der Waals surface area contributed by atoms with E-state index in [1.165, 1.54) is 28.1 Å². The van der Waals surface area contributed by atoms with Gasteiger partial charge in [-0.15, -0.1) is 11.8 Å². The van der Waals surface area contributed by atoms with Crippen LogP contribution in [0.15, 0.2) is 17.0 Å². The summed E-state index contributed by atoms with van der Waals surface area (Å²) in [5.74, 6) is 0. The van der Waals surface area contributed by atoms with Crippen LogP contribution in [0.2, 0.25) is 0 Å². The summed E-state index contributed by atoms with van der Waals surface area (Å²) in [7, 11) is 2.02. The van der Waals surface area contributed by atoms with Crippen LogP contribution in [0.5, 0.6) is 0 Å². The fourth-order valence-corrected chi connectivity index (χ4v) is 3.52. The van der Waals surface area contributed by atoms with Gasteiger partial charge in [0.2, 0.25) is 0 Å². The zero-order valence-corrected chi connectivity index (χ0v) is 11.9. The van der Waals surface area contributed by atoms with Gasteiger partial charge in [0.05, 0.1) is 0 Å². The number of rotatable bonds is 3. The van der Waals surface area contributed by atoms with Crippen molar-refractivity contribution in [3.63, 3.8) is 0 Å². The Labute approximate surface area is 109 Å². The Balaban J connectivity index is 2.19. The van der Waals surface area contributed by atoms with E-state index in [0.717, 1.165) is 6.54 Å². The van der Waals surface area contributed by atoms with Crippen molar-refractivity contribution in [2.45, 2.75) is 43.4 Å². The average Bonchev–Trinajstić information content (AvgIpc) is 2.29. The van der Waals surface area contributed by atoms with Crippen LogP contribution >= 0.6 is 11.8 Å². The van der Waals surface area contributed by atoms with Crippen LogP contribution in [0.3, 0.4) is 0 Å². The molecule has 2 unspecified atom stereocenters. The fourth-order valence-electron chi connectivity index (χ4n) is 2.20. The molecule has 0 radical (unpaired) electrons. The zero-order valence-electron chi connectivity index (χ0n) is 11.1. The van der Waals surface area contributed by atoms with Gasteiger partial charge in [-0.1, -0.05) is 0 Å². The van der Waals surface area contributed by atoms with E-state index in [-0.39, 0.29) is 0 Å². The molecule has 0 aromatic heterocycles. The molecule has 1 aromatic carbocycles. The molecule has 2 atom stereocenters. The van der Waals surface area contributed by atoms with Crippen LogP contribution in [0, 0.1) is 13.8 Å². The summed E-state index contributed by atoms with van der Waals surface area (Å²) >= 11 is 2.03. The van der Waals surface area contributed by atoms with E-state index in [4.69, 9.17) is 0 Å². The lowest BCUT2D eigenvalue weighted by atomic mass is 10.1. The third-order valence-corrected chi connectivity index (χ3v) is 5.03. The highest BCUT2D eigenvalue weighted by Crippen LogP contribution is 2.40. The van der Waals surface area contributed by atoms with Crippen molar-refractivity contribution in [2.75, 3.05) is 18.9 Å². The first-order valence-corrected chi connectivity index (χ1v) is 7.19. The van der Waals surface area contributed by atoms with E-state index in [1.807, 2.05) is 18.8 Å². The van der Waals surface area contributed by atoms with Crippen LogP contribution in [0.25, 0.3) is 0 Å². The Hall–Kier alpha value is -0.670. The smallest absolute Gasteiger partial charge is 0.0483 e. The maximum atomic E-state index is 3.64. The van der Waals surface area contributed by atoms with Gasteiger partial charge >= 0.3 is 0 Å². The van der Waals surface area contributed by atoms with Crippen LogP contribution in [-0.4, -0.2) is 24.9 Å². The van der Waals surface area contributed by atoms with Crippen molar-refractivity contribution in [2.24, 2.45) is 0 Å². The number of anilines is 1. The zero-order chi connectivity index (χ0) is 12.4. The molecule has 2 N–H and O–H groups in total. The Bertz CT molecular complexity index is 403. The van der Waals surface area contributed by atoms with E-state index in [9.17, 15) is 0 Å². The molecule has 94 valence electrons. The molecule has 0 saturated carbocycles. The van der Waals surface area contributed by atoms with E-state index in [1.54, 1.807) is 0 Å². The molecule has 0 spiro atoms. The molecular weight excluding hydrogens is 228 g/mol. The number of benzene rings is 1. The molecule has 2 rings (SSSR count). The number of thioether (sulfide) groups is 1. The normalized spacial score (nSPS) is 23.1. The van der Waals surface area contributed by atoms with E-state index >= 15 is 0 Å². The number of fused-ring (bicyclic) bond motifs is 1. The topological polar surface area (TPSA) is 24.1 Å². The van der Waals surface area contributed by atoms with Gasteiger partial charge in [0.25, 0.3) is 0 Å². The van der Waals surface area contributed by atoms with E-state index < -0.39 is 0 Å². The number of hydrogen-bond acceptors (Lipinski definition) is 3. The summed E-state index contributed by atoms with van der Waals surface area (Å²) in [6.45, 7) is 7.74. The van der Waals surface area contributed by atoms with Gasteiger partial charge in [0.1, 0.15) is 0 Å². The standard InChI is InChI=1S/C14H22N2S/c1-9-7-12-14(8-10(9)2)17-13(5-6-15-4)11(3)16-12/h7-8,11,13,15-16H,5-6H2,1-4H3. The highest BCUT2D eigenvalue weighted by atomic mass is 32.2. The SMILES string of the molecule is CNCCC1Sc2cc(C)c(C)cc2NC1C. The number of hydrogen-bond donors (Lipinski definition) is 2. The van der Waals surface area contributed by atoms with Crippen molar-refractivity contribution in [3.05, 3.63) is 23.3 Å². The first kappa shape index (κ1) is 12.8. The largest absolute Gasteiger partial charge is 0.381 e. The lowest BCUT2D eigenvalue weighted by molar-refractivity contribution is 0.634. The molecule has 0 aliphatic carbocycles. The second-order valence-corrected chi connectivity index (χ2v) is 6.20. The van der Waals surface area contributed by atoms with Crippen molar-refractivity contribution in [3.8, 4) is 0 Å². The highest BCUT2D eigenvalue weighted by Gasteiger charge is 2.25. The molecule has 1 aromatic rings. The second kappa shape index (κ2) is 5.32. The summed E-state index contributed by atoms with van der Waals surface area (Å²) in [6.07, 6.45) is 1.21. The fraction of sp³-hybridized carbons (Fsp3) is 0.571. The monoisotopic (exact) mass is 250 g/mol. The molecule has 0 saturated heterocycles. The lowest BCUT2D eigenvalue weighted by Gasteiger charge is -2.32. The molecule has 1 aliphatic heterocycles. The molecule has 1 aliphatic rings. The third-order valence-electron chi connectivity index (χ3n) is 3.49. The Morgan fingerprint density at radius 3 is 2.71 bits per heavy atom. The van der Waals surface area contributed by atoms with Gasteiger partial charge in [-0.2, -0.15) is 0 Å². The van der Waals surface area contributed by atoms with Gasteiger partial charge in [-0.05, 0) is 64.0 Å². The summed E-state index contributed by atoms with van der Waals surface area (Å²) in [6, 6.07) is 5.14. The maximum absolute atomic E-state index is 3.64. The van der Waals surface area contributed by atoms with Gasteiger partial charge in [-0.25, -0.2) is 0 Å². The van der Waals surface area contributed by atoms with Crippen molar-refractivity contribution >= 4 is 17.4 Å². The van der Waals surface area contributed by atoms with Crippen LogP contribution in [0.1, 0.15) is 24.5 Å². The summed E-state index contributed by atoms with van der Waals surface area (Å²) < 4.78 is 0. The van der Waals surface area contributed by atoms with E-state index in [2.05, 4.69) is 43.5 Å². The van der Waals surface area contributed by atoms with Gasteiger partial charge in [0, 0.05) is 21.9 Å². The summed E-state index contributed by atoms with van der Waals surface area (Å²) in [5.41, 5.74) is 4.07. The Morgan fingerprint density at radius 2 is 2.00 bits per heavy atom. The third kappa shape index (κ3) is 2.78. The molecule has 0 amide bonds. The second-order valence-electron chi connectivity index (χ2n) is 4.91. The maximum Gasteiger partial charge on any atom is 0.0483 e. The Morgan fingerprint density at radius 1 is 1.29 bits per heavy atom. The lowest BCUT2D eigenvalue weighted by Crippen LogP contribution is -2.33. The molecule has 2 nitrogen and oxygen atoms in total. The van der Waals surface area contributed by atoms with Gasteiger partial charge in [0.15, 0.2) is 0 Å². The molecule has 3 heteroatoms. The minimum atomic E-state index is 0.544. The van der Waals surface area contributed by atoms with Crippen molar-refractivity contribution in [1.29, 1.82) is 0 Å². The minimum absolute atomic E-state index is 0.544. The van der Waals surface area contributed by atoms with Crippen LogP contribution in [0.4, 0.5) is 5.69 Å². The molecule has 0 fully saturated rings. The van der Waals surface area contributed by atoms with Crippen molar-refractivity contribution < 1.29 is 0 Å². The predicted molar refractivity (Wildman–Crippen MR) is 77.2 cm³/mol. The molecule has 1 heterocycles. The molecular formula is C14H22N2S. The first-order valence-electron chi connectivity index (χ1n) is 6.31. The van der Waals surface area contributed by atoms with Gasteiger partial charge in [-0.3, -0.25) is 0 Å². The molecule has 17 heavy (non-hydrogen) atoms.